The first-order chi connectivity index (χ1) is 37.9. The van der Waals surface area contributed by atoms with Gasteiger partial charge >= 0.3 is 0 Å². The Hall–Kier alpha value is -5.38. The molecule has 0 aromatic heterocycles. The molecule has 6 amide bonds. The van der Waals surface area contributed by atoms with Gasteiger partial charge in [-0.1, -0.05) is 143 Å². The van der Waals surface area contributed by atoms with Gasteiger partial charge in [-0.3, -0.25) is 28.8 Å². The van der Waals surface area contributed by atoms with Crippen LogP contribution in [0.1, 0.15) is 127 Å². The Morgan fingerprint density at radius 1 is 0.562 bits per heavy atom. The lowest BCUT2D eigenvalue weighted by molar-refractivity contribution is -0.140. The molecule has 446 valence electrons. The third-order valence-electron chi connectivity index (χ3n) is 14.0. The Kier molecular flexibility index (Phi) is 29.4. The lowest BCUT2D eigenvalue weighted by atomic mass is 9.85. The van der Waals surface area contributed by atoms with Crippen molar-refractivity contribution in [1.29, 1.82) is 0 Å². The average Bonchev–Trinajstić information content (AvgIpc) is 4.02. The molecule has 3 aromatic rings. The number of unbranched alkanes of at least 4 members (excludes halogenated alkanes) is 1. The van der Waals surface area contributed by atoms with Crippen LogP contribution in [0.15, 0.2) is 84.9 Å². The van der Waals surface area contributed by atoms with E-state index in [1.165, 1.54) is 12.8 Å². The molecule has 18 nitrogen and oxygen atoms in total. The standard InChI is InChI=1S/C54H80N10O8S2.C4H10.C2H6/c1-53(2,3)47(59-45(65)31-55-7)51(69)63-33-41(29-43(63)35-61(73(9)71)27-25-37-17-13-11-14-18-37)57-49(67)39-21-23-40(24-22-39)50(68)58-42-30-44(36-62(74(10)72)28-26-38-19-15-12-16-20-38)64(34-42)52(70)48(54(4,5)6)60-46(66)32-56-8;1-3-4-2;1-2/h11-24,41-44,47-48,55-56H,25-36H2,1-10H3,(H,57,67)(H,58,68)(H,59,65)(H,60,66);3-4H2,1-2H3;1-2H3. The number of hydrogen-bond donors (Lipinski definition) is 6. The highest BCUT2D eigenvalue weighted by Gasteiger charge is 2.45. The zero-order valence-electron chi connectivity index (χ0n) is 50.3. The van der Waals surface area contributed by atoms with Gasteiger partial charge in [-0.2, -0.15) is 0 Å². The van der Waals surface area contributed by atoms with Crippen LogP contribution in [-0.2, 0) is 54.0 Å². The molecule has 5 rings (SSSR count). The Balaban J connectivity index is 0.00000268. The van der Waals surface area contributed by atoms with Crippen molar-refractivity contribution in [3.8, 4) is 0 Å². The summed E-state index contributed by atoms with van der Waals surface area (Å²) in [5, 5.41) is 17.7. The maximum atomic E-state index is 14.5. The number of rotatable bonds is 25. The molecular formula is C60H96N10O8S2. The van der Waals surface area contributed by atoms with Crippen LogP contribution in [0.3, 0.4) is 0 Å². The van der Waals surface area contributed by atoms with Gasteiger partial charge in [-0.15, -0.1) is 0 Å². The topological polar surface area (TPSA) is 222 Å². The Morgan fingerprint density at radius 2 is 0.887 bits per heavy atom. The highest BCUT2D eigenvalue weighted by atomic mass is 32.2. The summed E-state index contributed by atoms with van der Waals surface area (Å²) in [6, 6.07) is 22.4. The smallest absolute Gasteiger partial charge is 0.251 e. The second-order valence-corrected chi connectivity index (χ2v) is 25.3. The second-order valence-electron chi connectivity index (χ2n) is 22.6. The number of benzene rings is 3. The van der Waals surface area contributed by atoms with E-state index in [1.807, 2.05) is 125 Å². The fourth-order valence-electron chi connectivity index (χ4n) is 9.53. The lowest BCUT2D eigenvalue weighted by Crippen LogP contribution is -2.58. The number of likely N-dealkylation sites (tertiary alicyclic amines) is 2. The van der Waals surface area contributed by atoms with Crippen molar-refractivity contribution in [2.24, 2.45) is 10.8 Å². The molecule has 2 aliphatic rings. The summed E-state index contributed by atoms with van der Waals surface area (Å²) in [7, 11) is 0.557. The molecule has 2 heterocycles. The van der Waals surface area contributed by atoms with Gasteiger partial charge in [0.2, 0.25) is 23.6 Å². The van der Waals surface area contributed by atoms with Gasteiger partial charge in [0.15, 0.2) is 0 Å². The van der Waals surface area contributed by atoms with Crippen molar-refractivity contribution < 1.29 is 37.2 Å². The van der Waals surface area contributed by atoms with Gasteiger partial charge in [0.1, 0.15) is 12.1 Å². The maximum Gasteiger partial charge on any atom is 0.251 e. The highest BCUT2D eigenvalue weighted by molar-refractivity contribution is 7.82. The van der Waals surface area contributed by atoms with Crippen LogP contribution in [0.5, 0.6) is 0 Å². The summed E-state index contributed by atoms with van der Waals surface area (Å²) in [5.41, 5.74) is 1.45. The minimum absolute atomic E-state index is 0.0285. The van der Waals surface area contributed by atoms with Crippen molar-refractivity contribution in [3.05, 3.63) is 107 Å². The van der Waals surface area contributed by atoms with Crippen LogP contribution in [0.25, 0.3) is 0 Å². The van der Waals surface area contributed by atoms with Crippen LogP contribution in [-0.4, -0.2) is 177 Å². The number of hydrogen-bond acceptors (Lipinski definition) is 10. The Bertz CT molecular complexity index is 2290. The predicted molar refractivity (Wildman–Crippen MR) is 323 cm³/mol. The Morgan fingerprint density at radius 3 is 1.16 bits per heavy atom. The van der Waals surface area contributed by atoms with Gasteiger partial charge < -0.3 is 41.7 Å². The molecule has 2 aliphatic heterocycles. The first-order valence-corrected chi connectivity index (χ1v) is 31.4. The minimum Gasteiger partial charge on any atom is -0.347 e. The van der Waals surface area contributed by atoms with Gasteiger partial charge in [-0.05, 0) is 86.0 Å². The van der Waals surface area contributed by atoms with Crippen LogP contribution < -0.4 is 31.9 Å². The first kappa shape index (κ1) is 68.9. The molecule has 20 heteroatoms. The lowest BCUT2D eigenvalue weighted by Gasteiger charge is -2.36. The zero-order valence-corrected chi connectivity index (χ0v) is 52.0. The monoisotopic (exact) mass is 1150 g/mol. The third kappa shape index (κ3) is 22.2. The molecule has 8 unspecified atom stereocenters. The molecule has 0 saturated carbocycles. The van der Waals surface area contributed by atoms with E-state index in [9.17, 15) is 37.2 Å². The van der Waals surface area contributed by atoms with E-state index in [4.69, 9.17) is 0 Å². The molecule has 0 spiro atoms. The minimum atomic E-state index is -1.38. The Labute approximate surface area is 483 Å². The van der Waals surface area contributed by atoms with E-state index < -0.39 is 80.9 Å². The van der Waals surface area contributed by atoms with Crippen molar-refractivity contribution in [3.63, 3.8) is 0 Å². The molecule has 0 radical (unpaired) electrons. The predicted octanol–water partition coefficient (Wildman–Crippen LogP) is 5.09. The molecule has 0 aliphatic carbocycles. The normalized spacial score (nSPS) is 18.6. The summed E-state index contributed by atoms with van der Waals surface area (Å²) in [5.74, 6) is -2.06. The SMILES string of the molecule is CC.CCCC.CNCC(=O)NC(C(=O)N1CC(NC(=O)c2ccc(C(=O)NC3CC(CN(CCc4ccccc4)S(C)=O)N(C(=O)C(NC(=O)CNC)C(C)(C)C)C3)cc2)CC1CN(CCc1ccccc1)S(C)=O)C(C)(C)C. The number of carbonyl (C=O) groups is 6. The van der Waals surface area contributed by atoms with Crippen molar-refractivity contribution in [2.45, 2.75) is 144 Å². The van der Waals surface area contributed by atoms with E-state index in [1.54, 1.807) is 60.7 Å². The van der Waals surface area contributed by atoms with E-state index in [-0.39, 0.29) is 62.9 Å². The summed E-state index contributed by atoms with van der Waals surface area (Å²) in [6.45, 7) is 21.6. The summed E-state index contributed by atoms with van der Waals surface area (Å²) < 4.78 is 30.0. The zero-order chi connectivity index (χ0) is 59.7. The number of amides is 6. The second kappa shape index (κ2) is 34.2. The van der Waals surface area contributed by atoms with E-state index >= 15 is 0 Å². The largest absolute Gasteiger partial charge is 0.347 e. The summed E-state index contributed by atoms with van der Waals surface area (Å²) >= 11 is 0. The fourth-order valence-corrected chi connectivity index (χ4v) is 11.0. The van der Waals surface area contributed by atoms with E-state index in [0.717, 1.165) is 11.1 Å². The van der Waals surface area contributed by atoms with Crippen LogP contribution in [0.4, 0.5) is 0 Å². The molecule has 2 saturated heterocycles. The summed E-state index contributed by atoms with van der Waals surface area (Å²) in [4.78, 5) is 86.1. The quantitative estimate of drug-likeness (QED) is 0.0660. The van der Waals surface area contributed by atoms with Crippen LogP contribution in [0.2, 0.25) is 0 Å². The van der Waals surface area contributed by atoms with Gasteiger partial charge in [0.25, 0.3) is 11.8 Å². The van der Waals surface area contributed by atoms with Gasteiger partial charge in [0.05, 0.1) is 35.1 Å². The van der Waals surface area contributed by atoms with E-state index in [2.05, 4.69) is 45.7 Å². The first-order valence-electron chi connectivity index (χ1n) is 28.4. The van der Waals surface area contributed by atoms with Gasteiger partial charge in [-0.25, -0.2) is 17.0 Å². The molecule has 0 bridgehead atoms. The number of likely N-dealkylation sites (N-methyl/N-ethyl adjacent to an activating group) is 2. The average molecular weight is 1150 g/mol. The van der Waals surface area contributed by atoms with Crippen LogP contribution >= 0.6 is 0 Å². The molecule has 6 N–H and O–H groups in total. The van der Waals surface area contributed by atoms with E-state index in [0.29, 0.717) is 49.9 Å². The number of nitrogens with one attached hydrogen (secondary N) is 6. The molecule has 8 atom stereocenters. The fraction of sp³-hybridized carbons (Fsp3) is 0.600. The van der Waals surface area contributed by atoms with Crippen molar-refractivity contribution >= 4 is 57.4 Å². The maximum absolute atomic E-state index is 14.5. The third-order valence-corrected chi connectivity index (χ3v) is 16.1. The number of nitrogens with zero attached hydrogens (tertiary/aromatic N) is 4. The molecule has 3 aromatic carbocycles. The van der Waals surface area contributed by atoms with Gasteiger partial charge in [0, 0.05) is 87.1 Å². The molecule has 2 fully saturated rings. The van der Waals surface area contributed by atoms with Crippen LogP contribution in [0, 0.1) is 10.8 Å². The number of carbonyl (C=O) groups excluding carboxylic acids is 6. The highest BCUT2D eigenvalue weighted by Crippen LogP contribution is 2.29. The van der Waals surface area contributed by atoms with Crippen molar-refractivity contribution in [1.82, 2.24) is 50.3 Å². The molecule has 80 heavy (non-hydrogen) atoms. The summed E-state index contributed by atoms with van der Waals surface area (Å²) in [6.07, 6.45) is 7.90. The van der Waals surface area contributed by atoms with Crippen molar-refractivity contribution in [2.75, 3.05) is 79.0 Å². The molecular weight excluding hydrogens is 1050 g/mol.